The zero-order valence-corrected chi connectivity index (χ0v) is 13.7. The number of ether oxygens (including phenoxy) is 1. The van der Waals surface area contributed by atoms with E-state index in [9.17, 15) is 4.79 Å². The van der Waals surface area contributed by atoms with Crippen LogP contribution in [0.25, 0.3) is 0 Å². The van der Waals surface area contributed by atoms with Gasteiger partial charge in [0, 0.05) is 18.5 Å². The third kappa shape index (κ3) is 2.76. The predicted molar refractivity (Wildman–Crippen MR) is 82.1 cm³/mol. The third-order valence-corrected chi connectivity index (χ3v) is 5.27. The molecule has 1 spiro atoms. The Morgan fingerprint density at radius 3 is 2.87 bits per heavy atom. The van der Waals surface area contributed by atoms with Gasteiger partial charge in [0.15, 0.2) is 5.82 Å². The van der Waals surface area contributed by atoms with Gasteiger partial charge < -0.3 is 14.2 Å². The molecule has 2 saturated heterocycles. The lowest BCUT2D eigenvalue weighted by atomic mass is 9.88. The summed E-state index contributed by atoms with van der Waals surface area (Å²) in [6.45, 7) is 3.21. The predicted octanol–water partition coefficient (Wildman–Crippen LogP) is 2.36. The van der Waals surface area contributed by atoms with Gasteiger partial charge in [-0.3, -0.25) is 4.79 Å². The molecule has 0 radical (unpaired) electrons. The number of hydrogen-bond donors (Lipinski definition) is 0. The average molecular weight is 334 g/mol. The van der Waals surface area contributed by atoms with Crippen molar-refractivity contribution < 1.29 is 14.1 Å². The lowest BCUT2D eigenvalue weighted by Gasteiger charge is -2.38. The molecule has 4 rings (SSSR count). The summed E-state index contributed by atoms with van der Waals surface area (Å²) >= 11 is 1.44. The van der Waals surface area contributed by atoms with Gasteiger partial charge in [-0.1, -0.05) is 5.16 Å². The van der Waals surface area contributed by atoms with Crippen molar-refractivity contribution in [1.29, 1.82) is 0 Å². The maximum absolute atomic E-state index is 12.3. The second-order valence-corrected chi connectivity index (χ2v) is 6.89. The molecule has 2 aliphatic heterocycles. The van der Waals surface area contributed by atoms with Crippen molar-refractivity contribution in [3.8, 4) is 0 Å². The van der Waals surface area contributed by atoms with Crippen LogP contribution >= 0.6 is 11.3 Å². The van der Waals surface area contributed by atoms with Crippen LogP contribution in [0.4, 0.5) is 0 Å². The summed E-state index contributed by atoms with van der Waals surface area (Å²) in [6, 6.07) is 0. The first kappa shape index (κ1) is 14.8. The molecule has 2 fully saturated rings. The summed E-state index contributed by atoms with van der Waals surface area (Å²) in [7, 11) is 0. The second kappa shape index (κ2) is 5.68. The van der Waals surface area contributed by atoms with Crippen molar-refractivity contribution in [3.63, 3.8) is 0 Å². The number of carbonyl (C=O) groups is 1. The summed E-state index contributed by atoms with van der Waals surface area (Å²) < 4.78 is 11.5. The summed E-state index contributed by atoms with van der Waals surface area (Å²) in [5.41, 5.74) is 2.07. The van der Waals surface area contributed by atoms with Crippen LogP contribution in [0.15, 0.2) is 15.4 Å². The summed E-state index contributed by atoms with van der Waals surface area (Å²) in [5.74, 6) is 1.22. The molecule has 23 heavy (non-hydrogen) atoms. The second-order valence-electron chi connectivity index (χ2n) is 6.17. The summed E-state index contributed by atoms with van der Waals surface area (Å²) in [5, 5.41) is 5.63. The van der Waals surface area contributed by atoms with E-state index in [1.54, 1.807) is 17.8 Å². The fraction of sp³-hybridized carbons (Fsp3) is 0.600. The maximum Gasteiger partial charge on any atom is 0.273 e. The Balaban J connectivity index is 1.39. The van der Waals surface area contributed by atoms with E-state index in [1.165, 1.54) is 11.3 Å². The van der Waals surface area contributed by atoms with E-state index in [-0.39, 0.29) is 17.6 Å². The number of aromatic nitrogens is 3. The largest absolute Gasteiger partial charge is 0.362 e. The number of rotatable bonds is 2. The highest BCUT2D eigenvalue weighted by Gasteiger charge is 2.45. The molecule has 0 aromatic carbocycles. The average Bonchev–Trinajstić information content (AvgIpc) is 3.28. The van der Waals surface area contributed by atoms with E-state index >= 15 is 0 Å². The molecule has 1 atom stereocenters. The van der Waals surface area contributed by atoms with Gasteiger partial charge in [-0.2, -0.15) is 4.98 Å². The van der Waals surface area contributed by atoms with Crippen LogP contribution in [0.5, 0.6) is 0 Å². The Morgan fingerprint density at radius 2 is 2.22 bits per heavy atom. The molecular weight excluding hydrogens is 316 g/mol. The van der Waals surface area contributed by atoms with Crippen molar-refractivity contribution in [1.82, 2.24) is 20.0 Å². The van der Waals surface area contributed by atoms with Crippen LogP contribution in [0, 0.1) is 6.92 Å². The molecule has 1 unspecified atom stereocenters. The number of amides is 1. The highest BCUT2D eigenvalue weighted by molar-refractivity contribution is 7.07. The summed E-state index contributed by atoms with van der Waals surface area (Å²) in [4.78, 5) is 22.6. The van der Waals surface area contributed by atoms with Gasteiger partial charge in [0.05, 0.1) is 11.1 Å². The summed E-state index contributed by atoms with van der Waals surface area (Å²) in [6.07, 6.45) is 3.43. The zero-order chi connectivity index (χ0) is 15.9. The van der Waals surface area contributed by atoms with Crippen molar-refractivity contribution in [2.75, 3.05) is 13.1 Å². The van der Waals surface area contributed by atoms with Crippen LogP contribution < -0.4 is 0 Å². The number of carbonyl (C=O) groups excluding carboxylic acids is 1. The Bertz CT molecular complexity index is 691. The van der Waals surface area contributed by atoms with Gasteiger partial charge in [0.2, 0.25) is 0 Å². The van der Waals surface area contributed by atoms with Gasteiger partial charge >= 0.3 is 0 Å². The number of thiazole rings is 1. The van der Waals surface area contributed by atoms with E-state index in [1.807, 2.05) is 4.90 Å². The number of likely N-dealkylation sites (tertiary alicyclic amines) is 1. The molecule has 2 aromatic rings. The van der Waals surface area contributed by atoms with Crippen molar-refractivity contribution in [2.45, 2.75) is 44.3 Å². The van der Waals surface area contributed by atoms with E-state index < -0.39 is 0 Å². The molecule has 7 nitrogen and oxygen atoms in total. The van der Waals surface area contributed by atoms with E-state index in [0.717, 1.165) is 25.7 Å². The van der Waals surface area contributed by atoms with E-state index in [2.05, 4.69) is 15.1 Å². The van der Waals surface area contributed by atoms with Gasteiger partial charge in [-0.05, 0) is 32.6 Å². The van der Waals surface area contributed by atoms with Crippen LogP contribution in [0.2, 0.25) is 0 Å². The Kier molecular flexibility index (Phi) is 3.65. The van der Waals surface area contributed by atoms with Crippen molar-refractivity contribution in [2.24, 2.45) is 0 Å². The minimum absolute atomic E-state index is 0.0168. The highest BCUT2D eigenvalue weighted by atomic mass is 32.1. The monoisotopic (exact) mass is 334 g/mol. The SMILES string of the molecule is Cc1noc(C2CCC3(CCN(C(=O)c4cscn4)CC3)O2)n1. The number of nitrogens with zero attached hydrogens (tertiary/aromatic N) is 4. The van der Waals surface area contributed by atoms with Gasteiger partial charge in [-0.15, -0.1) is 11.3 Å². The quantitative estimate of drug-likeness (QED) is 0.838. The van der Waals surface area contributed by atoms with Gasteiger partial charge in [0.25, 0.3) is 11.8 Å². The topological polar surface area (TPSA) is 81.4 Å². The molecule has 1 amide bonds. The molecular formula is C15H18N4O3S. The number of aryl methyl sites for hydroxylation is 1. The molecule has 4 heterocycles. The van der Waals surface area contributed by atoms with Crippen LogP contribution in [-0.2, 0) is 4.74 Å². The lowest BCUT2D eigenvalue weighted by molar-refractivity contribution is -0.0820. The molecule has 0 aliphatic carbocycles. The van der Waals surface area contributed by atoms with Gasteiger partial charge in [-0.25, -0.2) is 4.98 Å². The third-order valence-electron chi connectivity index (χ3n) is 4.69. The molecule has 2 aromatic heterocycles. The fourth-order valence-electron chi connectivity index (χ4n) is 3.40. The maximum atomic E-state index is 12.3. The number of hydrogen-bond acceptors (Lipinski definition) is 7. The molecule has 0 N–H and O–H groups in total. The van der Waals surface area contributed by atoms with E-state index in [4.69, 9.17) is 9.26 Å². The molecule has 8 heteroatoms. The van der Waals surface area contributed by atoms with Crippen molar-refractivity contribution in [3.05, 3.63) is 28.3 Å². The zero-order valence-electron chi connectivity index (χ0n) is 12.9. The Morgan fingerprint density at radius 1 is 1.39 bits per heavy atom. The molecule has 122 valence electrons. The standard InChI is InChI=1S/C15H18N4O3S/c1-10-17-13(22-18-10)12-2-3-15(21-12)4-6-19(7-5-15)14(20)11-8-23-9-16-11/h8-9,12H,2-7H2,1H3. The Labute approximate surface area is 137 Å². The molecule has 0 bridgehead atoms. The minimum atomic E-state index is -0.161. The molecule has 0 saturated carbocycles. The first-order chi connectivity index (χ1) is 11.2. The van der Waals surface area contributed by atoms with E-state index in [0.29, 0.717) is 30.5 Å². The smallest absolute Gasteiger partial charge is 0.273 e. The fourth-order valence-corrected chi connectivity index (χ4v) is 3.92. The molecule has 2 aliphatic rings. The lowest BCUT2D eigenvalue weighted by Crippen LogP contribution is -2.46. The first-order valence-corrected chi connectivity index (χ1v) is 8.75. The minimum Gasteiger partial charge on any atom is -0.362 e. The Hall–Kier alpha value is -1.80. The highest BCUT2D eigenvalue weighted by Crippen LogP contribution is 2.44. The van der Waals surface area contributed by atoms with Crippen LogP contribution in [0.3, 0.4) is 0 Å². The van der Waals surface area contributed by atoms with Crippen LogP contribution in [0.1, 0.15) is 54.0 Å². The van der Waals surface area contributed by atoms with Crippen LogP contribution in [-0.4, -0.2) is 44.6 Å². The van der Waals surface area contributed by atoms with Gasteiger partial charge in [0.1, 0.15) is 11.8 Å². The first-order valence-electron chi connectivity index (χ1n) is 7.81. The normalized spacial score (nSPS) is 23.5. The van der Waals surface area contributed by atoms with Crippen molar-refractivity contribution >= 4 is 17.2 Å². The number of piperidine rings is 1.